The van der Waals surface area contributed by atoms with Gasteiger partial charge in [-0.15, -0.1) is 0 Å². The van der Waals surface area contributed by atoms with Gasteiger partial charge in [0, 0.05) is 21.9 Å². The Morgan fingerprint density at radius 3 is 1.48 bits per heavy atom. The van der Waals surface area contributed by atoms with E-state index < -0.39 is 0 Å². The molecule has 1 heterocycles. The molecule has 0 saturated carbocycles. The van der Waals surface area contributed by atoms with Crippen LogP contribution in [-0.4, -0.2) is 4.57 Å². The van der Waals surface area contributed by atoms with Crippen molar-refractivity contribution in [3.8, 4) is 61.3 Å². The highest BCUT2D eigenvalue weighted by atomic mass is 15.0. The van der Waals surface area contributed by atoms with E-state index in [0.717, 1.165) is 0 Å². The van der Waals surface area contributed by atoms with Crippen molar-refractivity contribution in [2.45, 2.75) is 19.3 Å². The van der Waals surface area contributed by atoms with Gasteiger partial charge in [0.15, 0.2) is 0 Å². The number of aromatic nitrogens is 1. The molecule has 54 heavy (non-hydrogen) atoms. The van der Waals surface area contributed by atoms with Crippen molar-refractivity contribution >= 4 is 43.4 Å². The lowest BCUT2D eigenvalue weighted by molar-refractivity contribution is 0.660. The van der Waals surface area contributed by atoms with Crippen molar-refractivity contribution in [2.75, 3.05) is 0 Å². The van der Waals surface area contributed by atoms with Gasteiger partial charge in [0.1, 0.15) is 0 Å². The molecule has 0 spiro atoms. The Kier molecular flexibility index (Phi) is 5.90. The third kappa shape index (κ3) is 3.78. The van der Waals surface area contributed by atoms with Crippen molar-refractivity contribution in [3.63, 3.8) is 0 Å². The average molecular weight is 686 g/mol. The number of hydrogen-bond acceptors (Lipinski definition) is 0. The minimum Gasteiger partial charge on any atom is -0.309 e. The fourth-order valence-corrected chi connectivity index (χ4v) is 10.2. The Bertz CT molecular complexity index is 3160. The first-order valence-electron chi connectivity index (χ1n) is 19.0. The van der Waals surface area contributed by atoms with Crippen LogP contribution in [0.25, 0.3) is 105 Å². The fourth-order valence-electron chi connectivity index (χ4n) is 10.2. The Labute approximate surface area is 314 Å². The van der Waals surface area contributed by atoms with Crippen molar-refractivity contribution in [3.05, 3.63) is 187 Å². The average Bonchev–Trinajstić information content (AvgIpc) is 3.81. The standard InChI is InChI=1S/C53H35N/c1-53(2)43-30-34(54-45-26-13-11-20-35(45)36-21-12-14-27-46(36)54)28-29-39(43)50-40-24-15-25-41-49(40)42(31-44(50)53)52-48(33-18-7-4-8-19-33)38-23-10-9-22-37(38)47(51(41)52)32-16-5-3-6-17-32/h3-31H,1-2H3. The highest BCUT2D eigenvalue weighted by Crippen LogP contribution is 2.62. The van der Waals surface area contributed by atoms with Gasteiger partial charge in [0.2, 0.25) is 0 Å². The summed E-state index contributed by atoms with van der Waals surface area (Å²) in [7, 11) is 0. The van der Waals surface area contributed by atoms with Crippen LogP contribution < -0.4 is 0 Å². The Morgan fingerprint density at radius 2 is 0.870 bits per heavy atom. The van der Waals surface area contributed by atoms with Crippen LogP contribution >= 0.6 is 0 Å². The molecule has 0 amide bonds. The van der Waals surface area contributed by atoms with E-state index in [0.29, 0.717) is 0 Å². The summed E-state index contributed by atoms with van der Waals surface area (Å²) < 4.78 is 2.45. The summed E-state index contributed by atoms with van der Waals surface area (Å²) in [6.45, 7) is 4.86. The largest absolute Gasteiger partial charge is 0.309 e. The molecule has 1 nitrogen and oxygen atoms in total. The molecule has 9 aromatic carbocycles. The molecule has 0 bridgehead atoms. The predicted octanol–water partition coefficient (Wildman–Crippen LogP) is 14.4. The summed E-state index contributed by atoms with van der Waals surface area (Å²) in [6.07, 6.45) is 0. The number of fused-ring (bicyclic) bond motifs is 11. The van der Waals surface area contributed by atoms with Gasteiger partial charge in [-0.1, -0.05) is 159 Å². The Balaban J connectivity index is 1.17. The molecular formula is C53H35N. The fraction of sp³-hybridized carbons (Fsp3) is 0.0566. The molecular weight excluding hydrogens is 651 g/mol. The molecule has 0 saturated heterocycles. The quantitative estimate of drug-likeness (QED) is 0.174. The summed E-state index contributed by atoms with van der Waals surface area (Å²) in [5, 5.41) is 7.87. The van der Waals surface area contributed by atoms with Crippen LogP contribution in [0, 0.1) is 0 Å². The first-order chi connectivity index (χ1) is 26.6. The molecule has 1 aromatic heterocycles. The lowest BCUT2D eigenvalue weighted by Crippen LogP contribution is -2.15. The second-order valence-electron chi connectivity index (χ2n) is 15.6. The molecule has 0 radical (unpaired) electrons. The minimum absolute atomic E-state index is 0.213. The molecule has 0 N–H and O–H groups in total. The first-order valence-corrected chi connectivity index (χ1v) is 19.0. The van der Waals surface area contributed by atoms with Gasteiger partial charge >= 0.3 is 0 Å². The zero-order chi connectivity index (χ0) is 35.7. The molecule has 2 aliphatic rings. The summed E-state index contributed by atoms with van der Waals surface area (Å²) in [5.74, 6) is 0. The first kappa shape index (κ1) is 29.8. The maximum Gasteiger partial charge on any atom is 0.0541 e. The minimum atomic E-state index is -0.213. The number of hydrogen-bond donors (Lipinski definition) is 0. The highest BCUT2D eigenvalue weighted by Gasteiger charge is 2.40. The Morgan fingerprint density at radius 1 is 0.352 bits per heavy atom. The van der Waals surface area contributed by atoms with E-state index in [-0.39, 0.29) is 5.41 Å². The second kappa shape index (κ2) is 10.7. The van der Waals surface area contributed by atoms with E-state index in [1.165, 1.54) is 116 Å². The monoisotopic (exact) mass is 685 g/mol. The SMILES string of the molecule is CC1(C)c2cc(-n3c4ccccc4c4ccccc43)ccc2-c2c1cc1c3c(cccc23)-c2c-1c(-c1ccccc1)c1ccccc1c2-c1ccccc1. The maximum absolute atomic E-state index is 2.57. The smallest absolute Gasteiger partial charge is 0.0541 e. The van der Waals surface area contributed by atoms with Crippen LogP contribution in [0.15, 0.2) is 176 Å². The van der Waals surface area contributed by atoms with E-state index >= 15 is 0 Å². The van der Waals surface area contributed by atoms with Gasteiger partial charge in [0.05, 0.1) is 11.0 Å². The van der Waals surface area contributed by atoms with Gasteiger partial charge in [-0.3, -0.25) is 0 Å². The van der Waals surface area contributed by atoms with E-state index in [1.807, 2.05) is 0 Å². The van der Waals surface area contributed by atoms with E-state index in [4.69, 9.17) is 0 Å². The maximum atomic E-state index is 2.57. The van der Waals surface area contributed by atoms with Gasteiger partial charge in [0.25, 0.3) is 0 Å². The van der Waals surface area contributed by atoms with Crippen molar-refractivity contribution < 1.29 is 0 Å². The lowest BCUT2D eigenvalue weighted by Gasteiger charge is -2.24. The molecule has 0 fully saturated rings. The zero-order valence-electron chi connectivity index (χ0n) is 30.2. The van der Waals surface area contributed by atoms with Gasteiger partial charge in [-0.2, -0.15) is 0 Å². The lowest BCUT2D eigenvalue weighted by atomic mass is 9.79. The van der Waals surface area contributed by atoms with Gasteiger partial charge in [-0.05, 0) is 119 Å². The third-order valence-corrected chi connectivity index (χ3v) is 12.5. The third-order valence-electron chi connectivity index (χ3n) is 12.5. The molecule has 2 aliphatic carbocycles. The summed E-state index contributed by atoms with van der Waals surface area (Å²) in [4.78, 5) is 0. The Hall–Kier alpha value is -6.70. The van der Waals surface area contributed by atoms with Crippen LogP contribution in [0.2, 0.25) is 0 Å². The normalized spacial score (nSPS) is 13.5. The molecule has 0 aliphatic heterocycles. The van der Waals surface area contributed by atoms with E-state index in [9.17, 15) is 0 Å². The van der Waals surface area contributed by atoms with Crippen molar-refractivity contribution in [2.24, 2.45) is 0 Å². The number of rotatable bonds is 3. The summed E-state index contributed by atoms with van der Waals surface area (Å²) in [5.41, 5.74) is 19.5. The molecule has 1 heteroatoms. The number of nitrogens with zero attached hydrogens (tertiary/aromatic N) is 1. The van der Waals surface area contributed by atoms with E-state index in [1.54, 1.807) is 0 Å². The number of benzene rings is 9. The molecule has 10 aromatic rings. The topological polar surface area (TPSA) is 4.93 Å². The van der Waals surface area contributed by atoms with Crippen molar-refractivity contribution in [1.82, 2.24) is 4.57 Å². The van der Waals surface area contributed by atoms with E-state index in [2.05, 4.69) is 194 Å². The second-order valence-corrected chi connectivity index (χ2v) is 15.6. The predicted molar refractivity (Wildman–Crippen MR) is 229 cm³/mol. The van der Waals surface area contributed by atoms with Crippen molar-refractivity contribution in [1.29, 1.82) is 0 Å². The highest BCUT2D eigenvalue weighted by molar-refractivity contribution is 6.29. The molecule has 12 rings (SSSR count). The molecule has 0 atom stereocenters. The van der Waals surface area contributed by atoms with Crippen LogP contribution in [0.5, 0.6) is 0 Å². The van der Waals surface area contributed by atoms with Gasteiger partial charge in [-0.25, -0.2) is 0 Å². The van der Waals surface area contributed by atoms with Crippen LogP contribution in [0.1, 0.15) is 25.0 Å². The summed E-state index contributed by atoms with van der Waals surface area (Å²) >= 11 is 0. The number of para-hydroxylation sites is 2. The van der Waals surface area contributed by atoms with Crippen LogP contribution in [0.3, 0.4) is 0 Å². The molecule has 252 valence electrons. The van der Waals surface area contributed by atoms with Crippen LogP contribution in [0.4, 0.5) is 0 Å². The van der Waals surface area contributed by atoms with Gasteiger partial charge < -0.3 is 4.57 Å². The summed E-state index contributed by atoms with van der Waals surface area (Å²) in [6, 6.07) is 65.6. The molecule has 0 unspecified atom stereocenters. The van der Waals surface area contributed by atoms with Crippen LogP contribution in [-0.2, 0) is 5.41 Å². The zero-order valence-corrected chi connectivity index (χ0v) is 30.2.